The molecular formula is C16H23Cl. The lowest BCUT2D eigenvalue weighted by molar-refractivity contribution is 0.576. The molecule has 1 aliphatic carbocycles. The highest BCUT2D eigenvalue weighted by molar-refractivity contribution is 6.18. The molecule has 0 saturated heterocycles. The third-order valence-electron chi connectivity index (χ3n) is 4.35. The van der Waals surface area contributed by atoms with Crippen molar-refractivity contribution in [2.75, 3.05) is 5.88 Å². The van der Waals surface area contributed by atoms with E-state index in [9.17, 15) is 0 Å². The van der Waals surface area contributed by atoms with E-state index in [1.165, 1.54) is 11.1 Å². The normalized spacial score (nSPS) is 26.9. The van der Waals surface area contributed by atoms with Crippen LogP contribution in [0.1, 0.15) is 51.7 Å². The van der Waals surface area contributed by atoms with E-state index in [1.54, 1.807) is 0 Å². The molecule has 1 heteroatoms. The van der Waals surface area contributed by atoms with Crippen molar-refractivity contribution < 1.29 is 0 Å². The van der Waals surface area contributed by atoms with Crippen molar-refractivity contribution >= 4 is 11.6 Å². The highest BCUT2D eigenvalue weighted by Gasteiger charge is 2.57. The number of alkyl halides is 1. The van der Waals surface area contributed by atoms with Crippen LogP contribution in [0, 0.1) is 11.3 Å². The SMILES string of the molecule is CC(C)(C)c1ccc(C2C(CCl)C2(C)C)cc1. The van der Waals surface area contributed by atoms with Crippen molar-refractivity contribution in [2.45, 2.75) is 46.0 Å². The fourth-order valence-corrected chi connectivity index (χ4v) is 3.46. The number of halogens is 1. The second-order valence-corrected chi connectivity index (χ2v) is 7.24. The van der Waals surface area contributed by atoms with Crippen molar-refractivity contribution in [1.82, 2.24) is 0 Å². The molecule has 1 aromatic rings. The first-order chi connectivity index (χ1) is 7.78. The van der Waals surface area contributed by atoms with E-state index in [1.807, 2.05) is 0 Å². The Balaban J connectivity index is 2.21. The average molecular weight is 251 g/mol. The van der Waals surface area contributed by atoms with Crippen LogP contribution in [-0.2, 0) is 5.41 Å². The molecule has 17 heavy (non-hydrogen) atoms. The zero-order valence-corrected chi connectivity index (χ0v) is 12.3. The Labute approximate surface area is 110 Å². The number of benzene rings is 1. The topological polar surface area (TPSA) is 0 Å². The average Bonchev–Trinajstić information content (AvgIpc) is 2.79. The van der Waals surface area contributed by atoms with Crippen LogP contribution >= 0.6 is 11.6 Å². The summed E-state index contributed by atoms with van der Waals surface area (Å²) < 4.78 is 0. The highest BCUT2D eigenvalue weighted by atomic mass is 35.5. The van der Waals surface area contributed by atoms with Gasteiger partial charge in [-0.3, -0.25) is 0 Å². The van der Waals surface area contributed by atoms with Gasteiger partial charge >= 0.3 is 0 Å². The number of rotatable bonds is 2. The summed E-state index contributed by atoms with van der Waals surface area (Å²) in [5, 5.41) is 0. The molecule has 2 unspecified atom stereocenters. The molecule has 1 aliphatic rings. The van der Waals surface area contributed by atoms with Gasteiger partial charge in [-0.2, -0.15) is 0 Å². The van der Waals surface area contributed by atoms with E-state index >= 15 is 0 Å². The van der Waals surface area contributed by atoms with Gasteiger partial charge in [0.15, 0.2) is 0 Å². The Morgan fingerprint density at radius 1 is 1.12 bits per heavy atom. The summed E-state index contributed by atoms with van der Waals surface area (Å²) in [5.41, 5.74) is 3.48. The molecule has 1 saturated carbocycles. The molecule has 0 radical (unpaired) electrons. The molecule has 94 valence electrons. The molecule has 0 aliphatic heterocycles. The fraction of sp³-hybridized carbons (Fsp3) is 0.625. The minimum absolute atomic E-state index is 0.240. The quantitative estimate of drug-likeness (QED) is 0.651. The summed E-state index contributed by atoms with van der Waals surface area (Å²) >= 11 is 6.03. The lowest BCUT2D eigenvalue weighted by Crippen LogP contribution is -2.10. The van der Waals surface area contributed by atoms with Gasteiger partial charge in [-0.25, -0.2) is 0 Å². The molecular weight excluding hydrogens is 228 g/mol. The number of hydrogen-bond acceptors (Lipinski definition) is 0. The van der Waals surface area contributed by atoms with Gasteiger partial charge in [-0.15, -0.1) is 11.6 Å². The molecule has 2 atom stereocenters. The molecule has 1 fully saturated rings. The van der Waals surface area contributed by atoms with Crippen molar-refractivity contribution in [3.8, 4) is 0 Å². The maximum Gasteiger partial charge on any atom is 0.0263 e. The van der Waals surface area contributed by atoms with Gasteiger partial charge in [0.05, 0.1) is 0 Å². The zero-order valence-electron chi connectivity index (χ0n) is 11.5. The van der Waals surface area contributed by atoms with E-state index in [0.717, 1.165) is 5.88 Å². The second-order valence-electron chi connectivity index (χ2n) is 6.93. The lowest BCUT2D eigenvalue weighted by Gasteiger charge is -2.19. The summed E-state index contributed by atoms with van der Waals surface area (Å²) in [5.74, 6) is 2.07. The molecule has 2 rings (SSSR count). The third kappa shape index (κ3) is 2.25. The van der Waals surface area contributed by atoms with Crippen LogP contribution in [0.5, 0.6) is 0 Å². The van der Waals surface area contributed by atoms with Crippen LogP contribution in [0.3, 0.4) is 0 Å². The van der Waals surface area contributed by atoms with Crippen molar-refractivity contribution in [1.29, 1.82) is 0 Å². The second kappa shape index (κ2) is 4.02. The molecule has 1 aromatic carbocycles. The molecule has 0 aromatic heterocycles. The fourth-order valence-electron chi connectivity index (χ4n) is 2.88. The van der Waals surface area contributed by atoms with Crippen molar-refractivity contribution in [2.24, 2.45) is 11.3 Å². The van der Waals surface area contributed by atoms with E-state index < -0.39 is 0 Å². The Kier molecular flexibility index (Phi) is 3.06. The summed E-state index contributed by atoms with van der Waals surface area (Å²) in [6.07, 6.45) is 0. The standard InChI is InChI=1S/C16H23Cl/c1-15(2,3)12-8-6-11(7-9-12)14-13(10-17)16(14,4)5/h6-9,13-14H,10H2,1-5H3. The van der Waals surface area contributed by atoms with Gasteiger partial charge < -0.3 is 0 Å². The summed E-state index contributed by atoms with van der Waals surface area (Å²) in [4.78, 5) is 0. The van der Waals surface area contributed by atoms with Crippen LogP contribution < -0.4 is 0 Å². The van der Waals surface area contributed by atoms with Crippen LogP contribution in [0.15, 0.2) is 24.3 Å². The highest BCUT2D eigenvalue weighted by Crippen LogP contribution is 2.64. The van der Waals surface area contributed by atoms with Gasteiger partial charge in [0, 0.05) is 5.88 Å². The molecule has 0 N–H and O–H groups in total. The predicted molar refractivity (Wildman–Crippen MR) is 75.9 cm³/mol. The molecule has 0 nitrogen and oxygen atoms in total. The van der Waals surface area contributed by atoms with Gasteiger partial charge in [0.1, 0.15) is 0 Å². The van der Waals surface area contributed by atoms with Crippen LogP contribution in [0.4, 0.5) is 0 Å². The predicted octanol–water partition coefficient (Wildman–Crippen LogP) is 4.96. The monoisotopic (exact) mass is 250 g/mol. The Morgan fingerprint density at radius 2 is 1.65 bits per heavy atom. The minimum atomic E-state index is 0.240. The van der Waals surface area contributed by atoms with Gasteiger partial charge in [0.25, 0.3) is 0 Å². The third-order valence-corrected chi connectivity index (χ3v) is 4.69. The van der Waals surface area contributed by atoms with Crippen molar-refractivity contribution in [3.05, 3.63) is 35.4 Å². The Hall–Kier alpha value is -0.490. The molecule has 0 amide bonds. The van der Waals surface area contributed by atoms with Crippen LogP contribution in [-0.4, -0.2) is 5.88 Å². The first kappa shape index (κ1) is 13.0. The summed E-state index contributed by atoms with van der Waals surface area (Å²) in [6, 6.07) is 9.13. The zero-order chi connectivity index (χ0) is 12.8. The summed E-state index contributed by atoms with van der Waals surface area (Å²) in [7, 11) is 0. The smallest absolute Gasteiger partial charge is 0.0263 e. The molecule has 0 bridgehead atoms. The van der Waals surface area contributed by atoms with E-state index in [-0.39, 0.29) is 5.41 Å². The first-order valence-corrected chi connectivity index (χ1v) is 6.98. The van der Waals surface area contributed by atoms with E-state index in [4.69, 9.17) is 11.6 Å². The lowest BCUT2D eigenvalue weighted by atomic mass is 9.86. The number of hydrogen-bond donors (Lipinski definition) is 0. The minimum Gasteiger partial charge on any atom is -0.126 e. The van der Waals surface area contributed by atoms with Gasteiger partial charge in [-0.05, 0) is 33.8 Å². The van der Waals surface area contributed by atoms with E-state index in [2.05, 4.69) is 58.9 Å². The molecule has 0 spiro atoms. The Morgan fingerprint density at radius 3 is 2.00 bits per heavy atom. The first-order valence-electron chi connectivity index (χ1n) is 6.45. The van der Waals surface area contributed by atoms with Crippen LogP contribution in [0.25, 0.3) is 0 Å². The van der Waals surface area contributed by atoms with Gasteiger partial charge in [0.2, 0.25) is 0 Å². The maximum atomic E-state index is 6.03. The molecule has 0 heterocycles. The maximum absolute atomic E-state index is 6.03. The summed E-state index contributed by atoms with van der Waals surface area (Å²) in [6.45, 7) is 11.4. The Bertz CT molecular complexity index is 395. The largest absolute Gasteiger partial charge is 0.126 e. The van der Waals surface area contributed by atoms with Crippen molar-refractivity contribution in [3.63, 3.8) is 0 Å². The van der Waals surface area contributed by atoms with Crippen LogP contribution in [0.2, 0.25) is 0 Å². The van der Waals surface area contributed by atoms with Gasteiger partial charge in [-0.1, -0.05) is 58.9 Å². The van der Waals surface area contributed by atoms with E-state index in [0.29, 0.717) is 17.3 Å².